The van der Waals surface area contributed by atoms with E-state index in [-0.39, 0.29) is 29.5 Å². The number of amides is 2. The van der Waals surface area contributed by atoms with Gasteiger partial charge in [0, 0.05) is 13.0 Å². The molecule has 27 heavy (non-hydrogen) atoms. The van der Waals surface area contributed by atoms with Gasteiger partial charge in [-0.15, -0.1) is 0 Å². The monoisotopic (exact) mass is 398 g/mol. The fourth-order valence-corrected chi connectivity index (χ4v) is 2.21. The highest BCUT2D eigenvalue weighted by Gasteiger charge is 2.20. The zero-order chi connectivity index (χ0) is 20.2. The van der Waals surface area contributed by atoms with Gasteiger partial charge in [-0.1, -0.05) is 23.7 Å². The van der Waals surface area contributed by atoms with Crippen molar-refractivity contribution in [2.24, 2.45) is 0 Å². The van der Waals surface area contributed by atoms with Crippen molar-refractivity contribution in [3.8, 4) is 0 Å². The molecule has 1 aromatic carbocycles. The average molecular weight is 399 g/mol. The number of hydrogen-bond donors (Lipinski definition) is 2. The van der Waals surface area contributed by atoms with Crippen molar-refractivity contribution >= 4 is 35.4 Å². The van der Waals surface area contributed by atoms with Gasteiger partial charge in [0.05, 0.1) is 17.2 Å². The predicted molar refractivity (Wildman–Crippen MR) is 98.2 cm³/mol. The Morgan fingerprint density at radius 1 is 1.15 bits per heavy atom. The van der Waals surface area contributed by atoms with Crippen molar-refractivity contribution in [2.75, 3.05) is 19.8 Å². The molecule has 0 bridgehead atoms. The number of ether oxygens (including phenoxy) is 2. The van der Waals surface area contributed by atoms with Crippen LogP contribution in [0.4, 0.5) is 0 Å². The van der Waals surface area contributed by atoms with Gasteiger partial charge in [-0.25, -0.2) is 4.79 Å². The predicted octanol–water partition coefficient (Wildman–Crippen LogP) is 1.46. The molecule has 148 valence electrons. The molecule has 2 amide bonds. The number of carbonyl (C=O) groups excluding carboxylic acids is 4. The zero-order valence-electron chi connectivity index (χ0n) is 15.2. The molecule has 0 aromatic heterocycles. The van der Waals surface area contributed by atoms with Gasteiger partial charge in [0.15, 0.2) is 6.61 Å². The van der Waals surface area contributed by atoms with E-state index in [0.29, 0.717) is 13.0 Å². The second-order valence-electron chi connectivity index (χ2n) is 5.54. The van der Waals surface area contributed by atoms with Crippen molar-refractivity contribution in [3.63, 3.8) is 0 Å². The van der Waals surface area contributed by atoms with Crippen LogP contribution in [0.15, 0.2) is 24.3 Å². The van der Waals surface area contributed by atoms with Gasteiger partial charge in [-0.3, -0.25) is 14.4 Å². The van der Waals surface area contributed by atoms with Crippen LogP contribution in [0.1, 0.15) is 37.0 Å². The molecule has 1 atom stereocenters. The fraction of sp³-hybridized carbons (Fsp3) is 0.444. The van der Waals surface area contributed by atoms with Crippen molar-refractivity contribution in [1.82, 2.24) is 10.6 Å². The summed E-state index contributed by atoms with van der Waals surface area (Å²) in [6.45, 7) is 3.24. The molecule has 0 heterocycles. The lowest BCUT2D eigenvalue weighted by Crippen LogP contribution is -2.41. The number of benzene rings is 1. The third-order valence-electron chi connectivity index (χ3n) is 3.35. The maximum absolute atomic E-state index is 12.1. The summed E-state index contributed by atoms with van der Waals surface area (Å²) in [6.07, 6.45) is 0.613. The van der Waals surface area contributed by atoms with E-state index >= 15 is 0 Å². The highest BCUT2D eigenvalue weighted by Crippen LogP contribution is 2.14. The fourth-order valence-electron chi connectivity index (χ4n) is 1.99. The third-order valence-corrected chi connectivity index (χ3v) is 3.68. The first-order chi connectivity index (χ1) is 12.8. The Morgan fingerprint density at radius 2 is 1.85 bits per heavy atom. The largest absolute Gasteiger partial charge is 0.466 e. The van der Waals surface area contributed by atoms with Crippen LogP contribution in [-0.2, 0) is 23.9 Å². The number of hydrogen-bond acceptors (Lipinski definition) is 6. The highest BCUT2D eigenvalue weighted by molar-refractivity contribution is 6.33. The van der Waals surface area contributed by atoms with Crippen LogP contribution in [0.2, 0.25) is 5.02 Å². The summed E-state index contributed by atoms with van der Waals surface area (Å²) >= 11 is 5.92. The zero-order valence-corrected chi connectivity index (χ0v) is 16.0. The minimum Gasteiger partial charge on any atom is -0.466 e. The lowest BCUT2D eigenvalue weighted by atomic mass is 10.2. The normalized spacial score (nSPS) is 11.2. The Morgan fingerprint density at radius 3 is 2.52 bits per heavy atom. The number of halogens is 1. The summed E-state index contributed by atoms with van der Waals surface area (Å²) in [5, 5.41) is 5.24. The Bertz CT molecular complexity index is 680. The lowest BCUT2D eigenvalue weighted by molar-refractivity contribution is -0.150. The van der Waals surface area contributed by atoms with E-state index < -0.39 is 30.4 Å². The van der Waals surface area contributed by atoms with Gasteiger partial charge in [0.25, 0.3) is 11.8 Å². The molecular weight excluding hydrogens is 376 g/mol. The van der Waals surface area contributed by atoms with Crippen molar-refractivity contribution in [3.05, 3.63) is 34.9 Å². The van der Waals surface area contributed by atoms with Gasteiger partial charge in [0.1, 0.15) is 6.04 Å². The minimum atomic E-state index is -0.953. The molecule has 0 aliphatic carbocycles. The Kier molecular flexibility index (Phi) is 9.89. The van der Waals surface area contributed by atoms with Crippen molar-refractivity contribution < 1.29 is 28.7 Å². The van der Waals surface area contributed by atoms with Gasteiger partial charge in [0.2, 0.25) is 0 Å². The van der Waals surface area contributed by atoms with Gasteiger partial charge in [-0.05, 0) is 32.4 Å². The molecule has 0 aliphatic heterocycles. The number of nitrogens with one attached hydrogen (secondary N) is 2. The number of rotatable bonds is 10. The molecule has 9 heteroatoms. The summed E-state index contributed by atoms with van der Waals surface area (Å²) in [7, 11) is 0. The molecule has 1 rings (SSSR count). The van der Waals surface area contributed by atoms with Crippen LogP contribution in [0.25, 0.3) is 0 Å². The second kappa shape index (κ2) is 11.9. The smallest absolute Gasteiger partial charge is 0.328 e. The standard InChI is InChI=1S/C18H23ClN2O6/c1-3-26-16(23)9-6-10-20-15(22)11-27-18(25)12(2)21-17(24)13-7-4-5-8-14(13)19/h4-5,7-8,12H,3,6,9-11H2,1-2H3,(H,20,22)(H,21,24). The first-order valence-electron chi connectivity index (χ1n) is 8.49. The Hall–Kier alpha value is -2.61. The van der Waals surface area contributed by atoms with Gasteiger partial charge in [-0.2, -0.15) is 0 Å². The quantitative estimate of drug-likeness (QED) is 0.456. The minimum absolute atomic E-state index is 0.193. The number of carbonyl (C=O) groups is 4. The first kappa shape index (κ1) is 22.4. The van der Waals surface area contributed by atoms with E-state index in [1.807, 2.05) is 0 Å². The molecule has 0 aliphatic rings. The molecule has 0 fully saturated rings. The van der Waals surface area contributed by atoms with Crippen LogP contribution in [0.5, 0.6) is 0 Å². The van der Waals surface area contributed by atoms with Gasteiger partial charge < -0.3 is 20.1 Å². The third kappa shape index (κ3) is 8.54. The summed E-state index contributed by atoms with van der Waals surface area (Å²) in [6, 6.07) is 5.47. The molecule has 2 N–H and O–H groups in total. The lowest BCUT2D eigenvalue weighted by Gasteiger charge is -2.14. The molecule has 8 nitrogen and oxygen atoms in total. The Labute approximate surface area is 162 Å². The molecular formula is C18H23ClN2O6. The van der Waals surface area contributed by atoms with Crippen LogP contribution >= 0.6 is 11.6 Å². The van der Waals surface area contributed by atoms with E-state index in [2.05, 4.69) is 10.6 Å². The second-order valence-corrected chi connectivity index (χ2v) is 5.95. The van der Waals surface area contributed by atoms with Crippen LogP contribution in [-0.4, -0.2) is 49.6 Å². The number of esters is 2. The summed E-state index contributed by atoms with van der Waals surface area (Å²) in [5.41, 5.74) is 0.234. The molecule has 0 radical (unpaired) electrons. The molecule has 0 saturated carbocycles. The van der Waals surface area contributed by atoms with Crippen LogP contribution < -0.4 is 10.6 Å². The summed E-state index contributed by atoms with van der Waals surface area (Å²) in [4.78, 5) is 46.7. The van der Waals surface area contributed by atoms with E-state index in [9.17, 15) is 19.2 Å². The van der Waals surface area contributed by atoms with Crippen molar-refractivity contribution in [1.29, 1.82) is 0 Å². The maximum Gasteiger partial charge on any atom is 0.328 e. The first-order valence-corrected chi connectivity index (χ1v) is 8.87. The van der Waals surface area contributed by atoms with E-state index in [1.165, 1.54) is 13.0 Å². The Balaban J connectivity index is 2.28. The van der Waals surface area contributed by atoms with Crippen LogP contribution in [0.3, 0.4) is 0 Å². The van der Waals surface area contributed by atoms with E-state index in [0.717, 1.165) is 0 Å². The maximum atomic E-state index is 12.1. The molecule has 1 aromatic rings. The summed E-state index contributed by atoms with van der Waals surface area (Å²) < 4.78 is 9.62. The molecule has 1 unspecified atom stereocenters. The molecule has 0 spiro atoms. The molecule has 0 saturated heterocycles. The van der Waals surface area contributed by atoms with Crippen LogP contribution in [0, 0.1) is 0 Å². The van der Waals surface area contributed by atoms with Gasteiger partial charge >= 0.3 is 11.9 Å². The average Bonchev–Trinajstić information content (AvgIpc) is 2.63. The summed E-state index contributed by atoms with van der Waals surface area (Å²) in [5.74, 6) is -2.11. The van der Waals surface area contributed by atoms with E-state index in [4.69, 9.17) is 21.1 Å². The van der Waals surface area contributed by atoms with E-state index in [1.54, 1.807) is 25.1 Å². The SMILES string of the molecule is CCOC(=O)CCCNC(=O)COC(=O)C(C)NC(=O)c1ccccc1Cl. The van der Waals surface area contributed by atoms with Crippen molar-refractivity contribution in [2.45, 2.75) is 32.7 Å². The highest BCUT2D eigenvalue weighted by atomic mass is 35.5. The topological polar surface area (TPSA) is 111 Å².